The first-order chi connectivity index (χ1) is 5.65. The van der Waals surface area contributed by atoms with E-state index in [0.717, 1.165) is 12.3 Å². The van der Waals surface area contributed by atoms with Crippen LogP contribution in [0.1, 0.15) is 25.7 Å². The van der Waals surface area contributed by atoms with E-state index in [0.29, 0.717) is 12.3 Å². The number of ether oxygens (including phenoxy) is 1. The number of rotatable bonds is 2. The molecule has 12 heavy (non-hydrogen) atoms. The third-order valence-corrected chi connectivity index (χ3v) is 3.34. The maximum atomic E-state index is 11.0. The van der Waals surface area contributed by atoms with Gasteiger partial charge in [0.2, 0.25) is 0 Å². The van der Waals surface area contributed by atoms with E-state index in [9.17, 15) is 4.79 Å². The third kappa shape index (κ3) is 1.12. The molecule has 2 saturated carbocycles. The number of hydrogen-bond acceptors (Lipinski definition) is 3. The van der Waals surface area contributed by atoms with Gasteiger partial charge in [-0.25, -0.2) is 0 Å². The van der Waals surface area contributed by atoms with Gasteiger partial charge in [-0.2, -0.15) is 0 Å². The first-order valence-corrected chi connectivity index (χ1v) is 4.51. The summed E-state index contributed by atoms with van der Waals surface area (Å²) < 4.78 is 4.63. The second kappa shape index (κ2) is 2.46. The summed E-state index contributed by atoms with van der Waals surface area (Å²) in [4.78, 5) is 11.0. The molecule has 3 atom stereocenters. The standard InChI is InChI=1S/C9H15NO2/c1-12-8(11)5-9(10)3-2-6-4-7(6)9/h6-7H,2-5,10H2,1H3/t6-,7+,9?/m1/s1. The summed E-state index contributed by atoms with van der Waals surface area (Å²) >= 11 is 0. The van der Waals surface area contributed by atoms with Crippen molar-refractivity contribution in [2.24, 2.45) is 17.6 Å². The van der Waals surface area contributed by atoms with Crippen LogP contribution in [0, 0.1) is 11.8 Å². The van der Waals surface area contributed by atoms with E-state index >= 15 is 0 Å². The van der Waals surface area contributed by atoms with Crippen LogP contribution in [0.3, 0.4) is 0 Å². The molecular formula is C9H15NO2. The van der Waals surface area contributed by atoms with Crippen molar-refractivity contribution in [3.8, 4) is 0 Å². The Bertz CT molecular complexity index is 217. The van der Waals surface area contributed by atoms with Crippen LogP contribution < -0.4 is 5.73 Å². The Morgan fingerprint density at radius 2 is 2.50 bits per heavy atom. The smallest absolute Gasteiger partial charge is 0.307 e. The molecule has 0 aromatic carbocycles. The molecule has 0 saturated heterocycles. The molecule has 0 aliphatic heterocycles. The zero-order chi connectivity index (χ0) is 8.77. The van der Waals surface area contributed by atoms with Crippen LogP contribution in [-0.2, 0) is 9.53 Å². The van der Waals surface area contributed by atoms with E-state index in [1.807, 2.05) is 0 Å². The Morgan fingerprint density at radius 3 is 2.92 bits per heavy atom. The van der Waals surface area contributed by atoms with E-state index in [1.54, 1.807) is 0 Å². The maximum absolute atomic E-state index is 11.0. The number of nitrogens with two attached hydrogens (primary N) is 1. The average Bonchev–Trinajstić information content (AvgIpc) is 2.75. The van der Waals surface area contributed by atoms with Crippen molar-refractivity contribution in [3.63, 3.8) is 0 Å². The first kappa shape index (κ1) is 8.05. The fourth-order valence-corrected chi connectivity index (χ4v) is 2.47. The molecule has 2 rings (SSSR count). The predicted octanol–water partition coefficient (Wildman–Crippen LogP) is 0.677. The summed E-state index contributed by atoms with van der Waals surface area (Å²) in [6, 6.07) is 0. The van der Waals surface area contributed by atoms with Crippen LogP contribution in [0.5, 0.6) is 0 Å². The lowest BCUT2D eigenvalue weighted by Gasteiger charge is -2.24. The highest BCUT2D eigenvalue weighted by molar-refractivity contribution is 5.71. The number of esters is 1. The Morgan fingerprint density at radius 1 is 1.75 bits per heavy atom. The Labute approximate surface area is 72.3 Å². The molecule has 2 fully saturated rings. The second-order valence-electron chi connectivity index (χ2n) is 4.13. The molecule has 0 heterocycles. The summed E-state index contributed by atoms with van der Waals surface area (Å²) in [5.41, 5.74) is 5.90. The minimum Gasteiger partial charge on any atom is -0.469 e. The van der Waals surface area contributed by atoms with Crippen LogP contribution in [0.4, 0.5) is 0 Å². The highest BCUT2D eigenvalue weighted by atomic mass is 16.5. The van der Waals surface area contributed by atoms with Crippen LogP contribution in [-0.4, -0.2) is 18.6 Å². The van der Waals surface area contributed by atoms with Gasteiger partial charge in [-0.05, 0) is 31.1 Å². The van der Waals surface area contributed by atoms with E-state index in [-0.39, 0.29) is 11.5 Å². The van der Waals surface area contributed by atoms with Crippen molar-refractivity contribution in [1.29, 1.82) is 0 Å². The quantitative estimate of drug-likeness (QED) is 0.618. The molecule has 2 N–H and O–H groups in total. The molecule has 0 spiro atoms. The fourth-order valence-electron chi connectivity index (χ4n) is 2.47. The van der Waals surface area contributed by atoms with Gasteiger partial charge in [-0.15, -0.1) is 0 Å². The minimum atomic E-state index is -0.224. The Kier molecular flexibility index (Phi) is 1.65. The van der Waals surface area contributed by atoms with Crippen molar-refractivity contribution in [1.82, 2.24) is 0 Å². The van der Waals surface area contributed by atoms with E-state index in [1.165, 1.54) is 20.0 Å². The molecule has 0 radical (unpaired) electrons. The largest absolute Gasteiger partial charge is 0.469 e. The van der Waals surface area contributed by atoms with Crippen LogP contribution in [0.2, 0.25) is 0 Å². The molecular weight excluding hydrogens is 154 g/mol. The fraction of sp³-hybridized carbons (Fsp3) is 0.889. The van der Waals surface area contributed by atoms with Gasteiger partial charge in [0, 0.05) is 5.54 Å². The van der Waals surface area contributed by atoms with Gasteiger partial charge in [0.15, 0.2) is 0 Å². The van der Waals surface area contributed by atoms with Crippen molar-refractivity contribution >= 4 is 5.97 Å². The minimum absolute atomic E-state index is 0.162. The second-order valence-corrected chi connectivity index (χ2v) is 4.13. The molecule has 0 amide bonds. The van der Waals surface area contributed by atoms with Gasteiger partial charge in [0.1, 0.15) is 0 Å². The molecule has 3 nitrogen and oxygen atoms in total. The Balaban J connectivity index is 1.97. The summed E-state index contributed by atoms with van der Waals surface area (Å²) in [5, 5.41) is 0. The van der Waals surface area contributed by atoms with Crippen LogP contribution in [0.25, 0.3) is 0 Å². The number of carbonyl (C=O) groups is 1. The van der Waals surface area contributed by atoms with Crippen molar-refractivity contribution in [3.05, 3.63) is 0 Å². The van der Waals surface area contributed by atoms with Gasteiger partial charge in [0.05, 0.1) is 13.5 Å². The monoisotopic (exact) mass is 169 g/mol. The lowest BCUT2D eigenvalue weighted by molar-refractivity contribution is -0.142. The average molecular weight is 169 g/mol. The summed E-state index contributed by atoms with van der Waals surface area (Å²) in [6.45, 7) is 0. The zero-order valence-electron chi connectivity index (χ0n) is 7.38. The van der Waals surface area contributed by atoms with E-state index in [2.05, 4.69) is 4.74 Å². The van der Waals surface area contributed by atoms with Crippen LogP contribution in [0.15, 0.2) is 0 Å². The molecule has 0 aromatic heterocycles. The lowest BCUT2D eigenvalue weighted by Crippen LogP contribution is -2.42. The summed E-state index contributed by atoms with van der Waals surface area (Å²) in [7, 11) is 1.42. The van der Waals surface area contributed by atoms with Crippen molar-refractivity contribution in [2.75, 3.05) is 7.11 Å². The first-order valence-electron chi connectivity index (χ1n) is 4.51. The molecule has 2 aliphatic rings. The molecule has 0 bridgehead atoms. The zero-order valence-corrected chi connectivity index (χ0v) is 7.38. The SMILES string of the molecule is COC(=O)CC1(N)CC[C@@H]2C[C@@H]21. The topological polar surface area (TPSA) is 52.3 Å². The molecule has 2 aliphatic carbocycles. The van der Waals surface area contributed by atoms with Gasteiger partial charge in [-0.3, -0.25) is 4.79 Å². The van der Waals surface area contributed by atoms with Crippen LogP contribution >= 0.6 is 0 Å². The number of carbonyl (C=O) groups excluding carboxylic acids is 1. The number of fused-ring (bicyclic) bond motifs is 1. The normalized spacial score (nSPS) is 43.8. The highest BCUT2D eigenvalue weighted by Crippen LogP contribution is 2.57. The van der Waals surface area contributed by atoms with Crippen molar-refractivity contribution in [2.45, 2.75) is 31.2 Å². The molecule has 1 unspecified atom stereocenters. The number of methoxy groups -OCH3 is 1. The molecule has 3 heteroatoms. The van der Waals surface area contributed by atoms with Gasteiger partial charge in [-0.1, -0.05) is 0 Å². The summed E-state index contributed by atoms with van der Waals surface area (Å²) in [6.07, 6.45) is 3.84. The van der Waals surface area contributed by atoms with Gasteiger partial charge in [0.25, 0.3) is 0 Å². The molecule has 0 aromatic rings. The maximum Gasteiger partial charge on any atom is 0.307 e. The molecule has 68 valence electrons. The number of hydrogen-bond donors (Lipinski definition) is 1. The summed E-state index contributed by atoms with van der Waals surface area (Å²) in [5.74, 6) is 1.27. The highest BCUT2D eigenvalue weighted by Gasteiger charge is 2.56. The van der Waals surface area contributed by atoms with E-state index in [4.69, 9.17) is 5.73 Å². The van der Waals surface area contributed by atoms with Crippen molar-refractivity contribution < 1.29 is 9.53 Å². The predicted molar refractivity (Wildman–Crippen MR) is 44.4 cm³/mol. The van der Waals surface area contributed by atoms with E-state index < -0.39 is 0 Å². The Hall–Kier alpha value is -0.570. The third-order valence-electron chi connectivity index (χ3n) is 3.34. The van der Waals surface area contributed by atoms with Gasteiger partial charge < -0.3 is 10.5 Å². The lowest BCUT2D eigenvalue weighted by atomic mass is 9.90. The van der Waals surface area contributed by atoms with Gasteiger partial charge >= 0.3 is 5.97 Å².